The van der Waals surface area contributed by atoms with E-state index in [1.165, 1.54) is 0 Å². The van der Waals surface area contributed by atoms with Crippen LogP contribution in [0.5, 0.6) is 11.5 Å². The van der Waals surface area contributed by atoms with Gasteiger partial charge in [-0.05, 0) is 27.7 Å². The van der Waals surface area contributed by atoms with E-state index in [4.69, 9.17) is 46.4 Å². The minimum atomic E-state index is -0.0334. The highest BCUT2D eigenvalue weighted by Gasteiger charge is 2.19. The molecule has 0 bridgehead atoms. The summed E-state index contributed by atoms with van der Waals surface area (Å²) >= 11 is 24.8. The Morgan fingerprint density at radius 3 is 1.12 bits per heavy atom. The number of hydrogen-bond acceptors (Lipinski definition) is 4. The molecule has 8 heteroatoms. The fourth-order valence-electron chi connectivity index (χ4n) is 4.03. The Bertz CT molecular complexity index is 783. The molecule has 4 nitrogen and oxygen atoms in total. The summed E-state index contributed by atoms with van der Waals surface area (Å²) in [7, 11) is 0. The molecule has 2 aromatic carbocycles. The zero-order valence-electron chi connectivity index (χ0n) is 19.2. The number of phenolic OH excluding ortho intramolecular Hbond substituents is 2. The molecule has 2 N–H and O–H groups in total. The van der Waals surface area contributed by atoms with Gasteiger partial charge in [0.15, 0.2) is 0 Å². The van der Waals surface area contributed by atoms with Crippen molar-refractivity contribution >= 4 is 57.2 Å². The first-order valence-electron chi connectivity index (χ1n) is 10.9. The normalized spacial score (nSPS) is 15.9. The molecular weight excluding hydrogens is 490 g/mol. The van der Waals surface area contributed by atoms with Crippen molar-refractivity contribution in [3.05, 3.63) is 35.4 Å². The van der Waals surface area contributed by atoms with E-state index in [0.717, 1.165) is 11.1 Å². The van der Waals surface area contributed by atoms with Gasteiger partial charge in [0.05, 0.1) is 0 Å². The molecule has 0 radical (unpaired) electrons. The largest absolute Gasteiger partial charge is 0.507 e. The van der Waals surface area contributed by atoms with Gasteiger partial charge in [0.25, 0.3) is 0 Å². The van der Waals surface area contributed by atoms with E-state index >= 15 is 0 Å². The Balaban J connectivity index is 2.32. The van der Waals surface area contributed by atoms with E-state index < -0.39 is 0 Å². The molecule has 0 amide bonds. The van der Waals surface area contributed by atoms with Crippen molar-refractivity contribution in [1.82, 2.24) is 9.80 Å². The lowest BCUT2D eigenvalue weighted by atomic mass is 10.0. The van der Waals surface area contributed by atoms with Crippen molar-refractivity contribution in [1.29, 1.82) is 0 Å². The summed E-state index contributed by atoms with van der Waals surface area (Å²) in [6.45, 7) is 11.4. The predicted molar refractivity (Wildman–Crippen MR) is 139 cm³/mol. The van der Waals surface area contributed by atoms with Gasteiger partial charge in [0.1, 0.15) is 11.5 Å². The number of aromatic hydroxyl groups is 2. The van der Waals surface area contributed by atoms with Crippen LogP contribution in [0.3, 0.4) is 0 Å². The van der Waals surface area contributed by atoms with Crippen LogP contribution in [-0.2, 0) is 13.1 Å². The molecule has 2 aromatic rings. The molecular formula is C24H34Cl4N2O2. The second kappa shape index (κ2) is 12.7. The van der Waals surface area contributed by atoms with E-state index in [1.54, 1.807) is 0 Å². The molecule has 0 heterocycles. The molecule has 0 aliphatic carbocycles. The third-order valence-corrected chi connectivity index (χ3v) is 5.69. The molecule has 32 heavy (non-hydrogen) atoms. The van der Waals surface area contributed by atoms with E-state index in [2.05, 4.69) is 9.80 Å². The van der Waals surface area contributed by atoms with Crippen LogP contribution < -0.4 is 0 Å². The van der Waals surface area contributed by atoms with Crippen molar-refractivity contribution in [2.45, 2.75) is 62.3 Å². The molecule has 0 spiro atoms. The number of hydrogen-bond donors (Lipinski definition) is 2. The summed E-state index contributed by atoms with van der Waals surface area (Å²) in [6.07, 6.45) is 0. The molecule has 180 valence electrons. The van der Waals surface area contributed by atoms with Gasteiger partial charge in [-0.3, -0.25) is 9.80 Å². The van der Waals surface area contributed by atoms with Gasteiger partial charge >= 0.3 is 0 Å². The van der Waals surface area contributed by atoms with E-state index in [9.17, 15) is 10.2 Å². The zero-order chi connectivity index (χ0) is 24.0. The average molecular weight is 524 g/mol. The van der Waals surface area contributed by atoms with Gasteiger partial charge in [-0.1, -0.05) is 24.3 Å². The maximum atomic E-state index is 11.0. The Morgan fingerprint density at radius 2 is 0.875 bits per heavy atom. The first kappa shape index (κ1) is 27.6. The van der Waals surface area contributed by atoms with Gasteiger partial charge in [-0.2, -0.15) is 0 Å². The predicted octanol–water partition coefficient (Wildman–Crippen LogP) is 6.36. The third kappa shape index (κ3) is 8.30. The summed E-state index contributed by atoms with van der Waals surface area (Å²) < 4.78 is 0. The number of fused-ring (bicyclic) bond motifs is 1. The molecule has 0 aliphatic rings. The highest BCUT2D eigenvalue weighted by Crippen LogP contribution is 2.37. The van der Waals surface area contributed by atoms with Gasteiger partial charge in [0.2, 0.25) is 0 Å². The highest BCUT2D eigenvalue weighted by molar-refractivity contribution is 6.21. The minimum Gasteiger partial charge on any atom is -0.507 e. The molecule has 2 rings (SSSR count). The lowest BCUT2D eigenvalue weighted by molar-refractivity contribution is 0.266. The Kier molecular flexibility index (Phi) is 11.0. The monoisotopic (exact) mass is 522 g/mol. The van der Waals surface area contributed by atoms with Crippen LogP contribution in [0.15, 0.2) is 24.3 Å². The maximum Gasteiger partial charge on any atom is 0.128 e. The topological polar surface area (TPSA) is 46.9 Å². The number of alkyl halides is 4. The quantitative estimate of drug-likeness (QED) is 0.317. The Labute approximate surface area is 212 Å². The van der Waals surface area contributed by atoms with E-state index in [1.807, 2.05) is 52.0 Å². The molecule has 0 saturated carbocycles. The van der Waals surface area contributed by atoms with Crippen LogP contribution in [0.4, 0.5) is 0 Å². The molecule has 0 unspecified atom stereocenters. The zero-order valence-corrected chi connectivity index (χ0v) is 22.2. The number of phenols is 2. The minimum absolute atomic E-state index is 0.0334. The van der Waals surface area contributed by atoms with Gasteiger partial charge in [-0.15, -0.1) is 46.4 Å². The number of nitrogens with zero attached hydrogens (tertiary/aromatic N) is 2. The van der Waals surface area contributed by atoms with Crippen LogP contribution in [0.2, 0.25) is 0 Å². The van der Waals surface area contributed by atoms with Crippen molar-refractivity contribution < 1.29 is 10.2 Å². The first-order chi connectivity index (χ1) is 15.0. The fraction of sp³-hybridized carbons (Fsp3) is 0.583. The lowest BCUT2D eigenvalue weighted by Gasteiger charge is -2.26. The standard InChI is InChI=1S/C24H34Cl4N2O2/c1-15(25)9-29(10-16(2)26)13-19-5-7-22-21(23(19)31)8-6-20(24(22)32)14-30(11-17(3)27)12-18(4)28/h5-8,15-18,31-32H,9-14H2,1-4H3/t15-,16+,17-,18+. The van der Waals surface area contributed by atoms with E-state index in [0.29, 0.717) is 50.0 Å². The number of benzene rings is 2. The summed E-state index contributed by atoms with van der Waals surface area (Å²) in [6, 6.07) is 7.42. The van der Waals surface area contributed by atoms with Crippen LogP contribution >= 0.6 is 46.4 Å². The van der Waals surface area contributed by atoms with Crippen LogP contribution in [0, 0.1) is 0 Å². The van der Waals surface area contributed by atoms with Gasteiger partial charge < -0.3 is 10.2 Å². The molecule has 0 aromatic heterocycles. The van der Waals surface area contributed by atoms with Crippen molar-refractivity contribution in [3.8, 4) is 11.5 Å². The molecule has 0 saturated heterocycles. The number of rotatable bonds is 12. The third-order valence-electron chi connectivity index (χ3n) is 5.14. The molecule has 0 aliphatic heterocycles. The SMILES string of the molecule is C[C@H](Cl)CN(Cc1ccc2c(O)c(CN(C[C@H](C)Cl)C[C@@H](C)Cl)ccc2c1O)C[C@@H](C)Cl. The highest BCUT2D eigenvalue weighted by atomic mass is 35.5. The second-order valence-corrected chi connectivity index (χ2v) is 11.7. The summed E-state index contributed by atoms with van der Waals surface area (Å²) in [5.74, 6) is 0.332. The maximum absolute atomic E-state index is 11.0. The average Bonchev–Trinajstić information content (AvgIpc) is 2.64. The van der Waals surface area contributed by atoms with Crippen LogP contribution in [0.25, 0.3) is 10.8 Å². The summed E-state index contributed by atoms with van der Waals surface area (Å²) in [5, 5.41) is 23.0. The lowest BCUT2D eigenvalue weighted by Crippen LogP contribution is -2.33. The summed E-state index contributed by atoms with van der Waals surface area (Å²) in [4.78, 5) is 4.26. The van der Waals surface area contributed by atoms with Crippen molar-refractivity contribution in [2.75, 3.05) is 26.2 Å². The van der Waals surface area contributed by atoms with Crippen molar-refractivity contribution in [2.24, 2.45) is 0 Å². The summed E-state index contributed by atoms with van der Waals surface area (Å²) in [5.41, 5.74) is 1.54. The molecule has 4 atom stereocenters. The van der Waals surface area contributed by atoms with Crippen LogP contribution in [-0.4, -0.2) is 67.7 Å². The second-order valence-electron chi connectivity index (χ2n) is 8.75. The van der Waals surface area contributed by atoms with Gasteiger partial charge in [-0.25, -0.2) is 0 Å². The Hall–Kier alpha value is -0.620. The van der Waals surface area contributed by atoms with Crippen LogP contribution in [0.1, 0.15) is 38.8 Å². The smallest absolute Gasteiger partial charge is 0.128 e. The van der Waals surface area contributed by atoms with Gasteiger partial charge in [0, 0.05) is 82.7 Å². The van der Waals surface area contributed by atoms with Crippen molar-refractivity contribution in [3.63, 3.8) is 0 Å². The number of halogens is 4. The first-order valence-corrected chi connectivity index (χ1v) is 12.7. The van der Waals surface area contributed by atoms with E-state index in [-0.39, 0.29) is 33.0 Å². The fourth-order valence-corrected chi connectivity index (χ4v) is 4.81. The molecule has 0 fully saturated rings. The Morgan fingerprint density at radius 1 is 0.594 bits per heavy atom.